The minimum absolute atomic E-state index is 0.0273. The van der Waals surface area contributed by atoms with Crippen molar-refractivity contribution >= 4 is 11.9 Å². The van der Waals surface area contributed by atoms with E-state index in [2.05, 4.69) is 4.90 Å². The smallest absolute Gasteiger partial charge is 0.306 e. The highest BCUT2D eigenvalue weighted by molar-refractivity contribution is 5.79. The average molecular weight is 268 g/mol. The zero-order valence-corrected chi connectivity index (χ0v) is 11.7. The van der Waals surface area contributed by atoms with Gasteiger partial charge in [-0.2, -0.15) is 0 Å². The van der Waals surface area contributed by atoms with Crippen LogP contribution in [0.25, 0.3) is 0 Å². The topological polar surface area (TPSA) is 60.9 Å². The number of amides is 1. The van der Waals surface area contributed by atoms with Crippen LogP contribution in [0.4, 0.5) is 0 Å². The second-order valence-electron chi connectivity index (χ2n) is 5.85. The summed E-state index contributed by atoms with van der Waals surface area (Å²) in [4.78, 5) is 27.4. The van der Waals surface area contributed by atoms with Crippen LogP contribution < -0.4 is 0 Å². The van der Waals surface area contributed by atoms with Gasteiger partial charge in [0.1, 0.15) is 0 Å². The van der Waals surface area contributed by atoms with Crippen molar-refractivity contribution in [1.29, 1.82) is 0 Å². The maximum absolute atomic E-state index is 12.3. The summed E-state index contributed by atoms with van der Waals surface area (Å²) in [6.07, 6.45) is 3.67. The van der Waals surface area contributed by atoms with Gasteiger partial charge in [0.05, 0.1) is 5.92 Å². The van der Waals surface area contributed by atoms with Crippen molar-refractivity contribution in [2.45, 2.75) is 32.6 Å². The van der Waals surface area contributed by atoms with E-state index in [1.165, 1.54) is 12.8 Å². The van der Waals surface area contributed by atoms with E-state index in [9.17, 15) is 9.59 Å². The normalized spacial score (nSPS) is 23.5. The van der Waals surface area contributed by atoms with Crippen LogP contribution in [-0.2, 0) is 9.59 Å². The number of hydrogen-bond acceptors (Lipinski definition) is 3. The van der Waals surface area contributed by atoms with E-state index >= 15 is 0 Å². The molecule has 1 unspecified atom stereocenters. The fourth-order valence-corrected chi connectivity index (χ4v) is 3.09. The molecule has 0 aromatic heterocycles. The first-order chi connectivity index (χ1) is 9.08. The Morgan fingerprint density at radius 1 is 1.16 bits per heavy atom. The molecule has 0 spiro atoms. The van der Waals surface area contributed by atoms with Crippen molar-refractivity contribution < 1.29 is 14.7 Å². The second-order valence-corrected chi connectivity index (χ2v) is 5.85. The Kier molecular flexibility index (Phi) is 4.80. The molecule has 0 aromatic carbocycles. The van der Waals surface area contributed by atoms with E-state index in [0.717, 1.165) is 19.6 Å². The Morgan fingerprint density at radius 2 is 1.74 bits per heavy atom. The van der Waals surface area contributed by atoms with Crippen LogP contribution in [0, 0.1) is 11.8 Å². The van der Waals surface area contributed by atoms with Crippen molar-refractivity contribution in [1.82, 2.24) is 9.80 Å². The lowest BCUT2D eigenvalue weighted by atomic mass is 9.96. The van der Waals surface area contributed by atoms with Gasteiger partial charge in [0.25, 0.3) is 0 Å². The molecule has 0 radical (unpaired) electrons. The first-order valence-corrected chi connectivity index (χ1v) is 7.32. The summed E-state index contributed by atoms with van der Waals surface area (Å²) < 4.78 is 0. The number of rotatable bonds is 4. The van der Waals surface area contributed by atoms with Gasteiger partial charge >= 0.3 is 5.97 Å². The lowest BCUT2D eigenvalue weighted by molar-refractivity contribution is -0.146. The lowest BCUT2D eigenvalue weighted by Crippen LogP contribution is -2.44. The Hall–Kier alpha value is -1.10. The number of nitrogens with zero attached hydrogens (tertiary/aromatic N) is 2. The molecule has 108 valence electrons. The van der Waals surface area contributed by atoms with Crippen molar-refractivity contribution in [2.75, 3.05) is 32.7 Å². The van der Waals surface area contributed by atoms with Gasteiger partial charge in [0, 0.05) is 25.6 Å². The Morgan fingerprint density at radius 3 is 2.26 bits per heavy atom. The van der Waals surface area contributed by atoms with Crippen LogP contribution in [0.5, 0.6) is 0 Å². The van der Waals surface area contributed by atoms with Gasteiger partial charge in [-0.1, -0.05) is 6.92 Å². The Balaban J connectivity index is 1.78. The summed E-state index contributed by atoms with van der Waals surface area (Å²) in [5.41, 5.74) is 0. The summed E-state index contributed by atoms with van der Waals surface area (Å²) in [5.74, 6) is -0.773. The van der Waals surface area contributed by atoms with Crippen molar-refractivity contribution in [3.8, 4) is 0 Å². The molecule has 1 N–H and O–H groups in total. The molecule has 0 saturated carbocycles. The third-order valence-corrected chi connectivity index (χ3v) is 4.31. The number of carbonyl (C=O) groups is 2. The van der Waals surface area contributed by atoms with Crippen LogP contribution in [-0.4, -0.2) is 59.5 Å². The molecule has 2 fully saturated rings. The van der Waals surface area contributed by atoms with E-state index in [1.807, 2.05) is 11.8 Å². The Labute approximate surface area is 114 Å². The molecule has 2 rings (SSSR count). The number of likely N-dealkylation sites (tertiary alicyclic amines) is 2. The minimum Gasteiger partial charge on any atom is -0.481 e. The fourth-order valence-electron chi connectivity index (χ4n) is 3.09. The summed E-state index contributed by atoms with van der Waals surface area (Å²) >= 11 is 0. The predicted octanol–water partition coefficient (Wildman–Crippen LogP) is 1.04. The lowest BCUT2D eigenvalue weighted by Gasteiger charge is -2.33. The molecule has 1 amide bonds. The van der Waals surface area contributed by atoms with E-state index in [-0.39, 0.29) is 17.7 Å². The van der Waals surface area contributed by atoms with Crippen molar-refractivity contribution in [2.24, 2.45) is 11.8 Å². The molecule has 0 bridgehead atoms. The minimum atomic E-state index is -0.725. The molecule has 5 nitrogen and oxygen atoms in total. The molecule has 0 aliphatic carbocycles. The summed E-state index contributed by atoms with van der Waals surface area (Å²) in [7, 11) is 0. The zero-order chi connectivity index (χ0) is 13.8. The third kappa shape index (κ3) is 3.69. The maximum atomic E-state index is 12.3. The zero-order valence-electron chi connectivity index (χ0n) is 11.7. The van der Waals surface area contributed by atoms with E-state index in [0.29, 0.717) is 25.9 Å². The van der Waals surface area contributed by atoms with Crippen LogP contribution in [0.1, 0.15) is 32.6 Å². The summed E-state index contributed by atoms with van der Waals surface area (Å²) in [6, 6.07) is 0. The number of carbonyl (C=O) groups excluding carboxylic acids is 1. The first kappa shape index (κ1) is 14.3. The van der Waals surface area contributed by atoms with Gasteiger partial charge in [-0.25, -0.2) is 0 Å². The summed E-state index contributed by atoms with van der Waals surface area (Å²) in [6.45, 7) is 6.25. The van der Waals surface area contributed by atoms with E-state index in [4.69, 9.17) is 5.11 Å². The fraction of sp³-hybridized carbons (Fsp3) is 0.857. The number of carboxylic acid groups (broad SMARTS) is 1. The highest BCUT2D eigenvalue weighted by atomic mass is 16.4. The van der Waals surface area contributed by atoms with Gasteiger partial charge in [0.15, 0.2) is 0 Å². The number of carboxylic acids is 1. The van der Waals surface area contributed by atoms with Crippen molar-refractivity contribution in [3.63, 3.8) is 0 Å². The molecular formula is C14H24N2O3. The van der Waals surface area contributed by atoms with Gasteiger partial charge in [-0.15, -0.1) is 0 Å². The van der Waals surface area contributed by atoms with E-state index in [1.54, 1.807) is 0 Å². The van der Waals surface area contributed by atoms with Crippen LogP contribution in [0.15, 0.2) is 0 Å². The summed E-state index contributed by atoms with van der Waals surface area (Å²) in [5, 5.41) is 8.95. The SMILES string of the molecule is CC(CN1CCCC1)C(=O)N1CCC(C(=O)O)CC1. The molecule has 19 heavy (non-hydrogen) atoms. The van der Waals surface area contributed by atoms with Crippen molar-refractivity contribution in [3.05, 3.63) is 0 Å². The number of hydrogen-bond donors (Lipinski definition) is 1. The molecule has 2 heterocycles. The highest BCUT2D eigenvalue weighted by Crippen LogP contribution is 2.20. The molecule has 0 aromatic rings. The average Bonchev–Trinajstić information content (AvgIpc) is 2.90. The van der Waals surface area contributed by atoms with E-state index < -0.39 is 5.97 Å². The number of piperidine rings is 1. The van der Waals surface area contributed by atoms with Crippen LogP contribution in [0.3, 0.4) is 0 Å². The molecule has 2 saturated heterocycles. The van der Waals surface area contributed by atoms with Gasteiger partial charge < -0.3 is 14.9 Å². The second kappa shape index (κ2) is 6.37. The predicted molar refractivity (Wildman–Crippen MR) is 71.8 cm³/mol. The van der Waals surface area contributed by atoms with Gasteiger partial charge in [0.2, 0.25) is 5.91 Å². The quantitative estimate of drug-likeness (QED) is 0.827. The molecule has 2 aliphatic heterocycles. The van der Waals surface area contributed by atoms with Gasteiger partial charge in [-0.3, -0.25) is 9.59 Å². The largest absolute Gasteiger partial charge is 0.481 e. The van der Waals surface area contributed by atoms with Crippen LogP contribution in [0.2, 0.25) is 0 Å². The molecule has 1 atom stereocenters. The molecule has 5 heteroatoms. The maximum Gasteiger partial charge on any atom is 0.306 e. The first-order valence-electron chi connectivity index (χ1n) is 7.32. The monoisotopic (exact) mass is 268 g/mol. The van der Waals surface area contributed by atoms with Crippen LogP contribution >= 0.6 is 0 Å². The van der Waals surface area contributed by atoms with Gasteiger partial charge in [-0.05, 0) is 38.8 Å². The third-order valence-electron chi connectivity index (χ3n) is 4.31. The Bertz CT molecular complexity index is 332. The standard InChI is InChI=1S/C14H24N2O3/c1-11(10-15-6-2-3-7-15)13(17)16-8-4-12(5-9-16)14(18)19/h11-12H,2-10H2,1H3,(H,18,19). The molecular weight excluding hydrogens is 244 g/mol. The highest BCUT2D eigenvalue weighted by Gasteiger charge is 2.29. The number of aliphatic carboxylic acids is 1. The molecule has 2 aliphatic rings.